The molecule has 4 rings (SSSR count). The molecule has 0 atom stereocenters. The molecule has 2 heterocycles. The van der Waals surface area contributed by atoms with Crippen LogP contribution in [0.2, 0.25) is 0 Å². The molecular formula is C19H22F3N5O. The lowest BCUT2D eigenvalue weighted by Crippen LogP contribution is -2.46. The first-order valence-corrected chi connectivity index (χ1v) is 9.54. The third-order valence-corrected chi connectivity index (χ3v) is 5.27. The van der Waals surface area contributed by atoms with Crippen molar-refractivity contribution in [3.63, 3.8) is 0 Å². The fourth-order valence-electron chi connectivity index (χ4n) is 3.66. The second kappa shape index (κ2) is 7.90. The van der Waals surface area contributed by atoms with E-state index in [1.54, 1.807) is 21.7 Å². The third kappa shape index (κ3) is 4.19. The summed E-state index contributed by atoms with van der Waals surface area (Å²) >= 11 is 0. The molecule has 0 unspecified atom stereocenters. The number of carbonyl (C=O) groups excluding carboxylic acids is 1. The Labute approximate surface area is 160 Å². The first kappa shape index (κ1) is 18.9. The second-order valence-electron chi connectivity index (χ2n) is 7.43. The van der Waals surface area contributed by atoms with Gasteiger partial charge in [0, 0.05) is 25.0 Å². The van der Waals surface area contributed by atoms with Crippen molar-refractivity contribution >= 4 is 5.91 Å². The van der Waals surface area contributed by atoms with Crippen molar-refractivity contribution < 1.29 is 18.0 Å². The van der Waals surface area contributed by atoms with E-state index in [0.717, 1.165) is 18.5 Å². The summed E-state index contributed by atoms with van der Waals surface area (Å²) in [6, 6.07) is 5.85. The molecule has 1 aliphatic heterocycles. The molecule has 1 aromatic carbocycles. The van der Waals surface area contributed by atoms with E-state index < -0.39 is 6.43 Å². The lowest BCUT2D eigenvalue weighted by molar-refractivity contribution is 0.0695. The number of halogens is 3. The van der Waals surface area contributed by atoms with Gasteiger partial charge in [0.15, 0.2) is 5.69 Å². The number of carbonyl (C=O) groups is 1. The summed E-state index contributed by atoms with van der Waals surface area (Å²) in [7, 11) is 0. The number of piperidine rings is 1. The van der Waals surface area contributed by atoms with Gasteiger partial charge >= 0.3 is 0 Å². The van der Waals surface area contributed by atoms with Crippen LogP contribution in [-0.2, 0) is 0 Å². The maximum Gasteiger partial charge on any atom is 0.274 e. The molecule has 2 aliphatic rings. The second-order valence-corrected chi connectivity index (χ2v) is 7.43. The van der Waals surface area contributed by atoms with Gasteiger partial charge in [0.1, 0.15) is 5.82 Å². The smallest absolute Gasteiger partial charge is 0.274 e. The Morgan fingerprint density at radius 1 is 1.14 bits per heavy atom. The van der Waals surface area contributed by atoms with E-state index in [4.69, 9.17) is 0 Å². The van der Waals surface area contributed by atoms with Gasteiger partial charge in [-0.2, -0.15) is 0 Å². The van der Waals surface area contributed by atoms with E-state index in [2.05, 4.69) is 15.6 Å². The molecule has 0 spiro atoms. The van der Waals surface area contributed by atoms with Crippen LogP contribution in [0.25, 0.3) is 5.69 Å². The Bertz CT molecular complexity index is 827. The fourth-order valence-corrected chi connectivity index (χ4v) is 3.66. The molecule has 28 heavy (non-hydrogen) atoms. The highest BCUT2D eigenvalue weighted by molar-refractivity contribution is 5.94. The topological polar surface area (TPSA) is 63.1 Å². The van der Waals surface area contributed by atoms with E-state index in [1.165, 1.54) is 12.1 Å². The molecule has 1 amide bonds. The van der Waals surface area contributed by atoms with Gasteiger partial charge in [0.05, 0.1) is 17.9 Å². The lowest BCUT2D eigenvalue weighted by atomic mass is 10.0. The maximum atomic E-state index is 13.2. The number of amides is 1. The number of hydrogen-bond donors (Lipinski definition) is 1. The van der Waals surface area contributed by atoms with Gasteiger partial charge in [-0.1, -0.05) is 5.21 Å². The number of rotatable bonds is 6. The van der Waals surface area contributed by atoms with Crippen LogP contribution in [0.4, 0.5) is 13.2 Å². The van der Waals surface area contributed by atoms with Crippen LogP contribution in [0.1, 0.15) is 47.8 Å². The Morgan fingerprint density at radius 2 is 1.82 bits per heavy atom. The van der Waals surface area contributed by atoms with Crippen molar-refractivity contribution in [2.75, 3.05) is 19.6 Å². The zero-order valence-electron chi connectivity index (χ0n) is 15.3. The van der Waals surface area contributed by atoms with Crippen molar-refractivity contribution in [3.05, 3.63) is 41.5 Å². The van der Waals surface area contributed by atoms with Crippen molar-refractivity contribution in [2.24, 2.45) is 0 Å². The fraction of sp³-hybridized carbons (Fsp3) is 0.526. The summed E-state index contributed by atoms with van der Waals surface area (Å²) in [6.45, 7) is 0.846. The number of alkyl halides is 2. The Morgan fingerprint density at radius 3 is 2.43 bits per heavy atom. The lowest BCUT2D eigenvalue weighted by Gasteiger charge is -2.31. The average Bonchev–Trinajstić information content (AvgIpc) is 3.41. The van der Waals surface area contributed by atoms with Gasteiger partial charge < -0.3 is 5.32 Å². The molecule has 6 nitrogen and oxygen atoms in total. The van der Waals surface area contributed by atoms with Gasteiger partial charge in [-0.05, 0) is 49.9 Å². The van der Waals surface area contributed by atoms with Gasteiger partial charge in [0.25, 0.3) is 12.3 Å². The predicted octanol–water partition coefficient (Wildman–Crippen LogP) is 2.74. The van der Waals surface area contributed by atoms with Crippen molar-refractivity contribution in [1.82, 2.24) is 25.2 Å². The van der Waals surface area contributed by atoms with E-state index in [-0.39, 0.29) is 30.2 Å². The minimum Gasteiger partial charge on any atom is -0.348 e. The molecule has 150 valence electrons. The van der Waals surface area contributed by atoms with Crippen LogP contribution >= 0.6 is 0 Å². The highest BCUT2D eigenvalue weighted by atomic mass is 19.3. The standard InChI is InChI=1S/C19H22F3N5O/c20-13-3-5-15(6-4-13)27-18(12-1-2-12)17(24-25-27)19(28)23-14-7-9-26(10-8-14)11-16(21)22/h3-6,12,14,16H,1-2,7-11H2,(H,23,28). The SMILES string of the molecule is O=C(NC1CCN(CC(F)F)CC1)c1nnn(-c2ccc(F)cc2)c1C1CC1. The molecule has 1 aromatic heterocycles. The van der Waals surface area contributed by atoms with Crippen LogP contribution in [0.3, 0.4) is 0 Å². The zero-order chi connectivity index (χ0) is 19.7. The predicted molar refractivity (Wildman–Crippen MR) is 96.2 cm³/mol. The van der Waals surface area contributed by atoms with E-state index in [0.29, 0.717) is 37.3 Å². The Kier molecular flexibility index (Phi) is 5.34. The summed E-state index contributed by atoms with van der Waals surface area (Å²) in [5.41, 5.74) is 1.70. The summed E-state index contributed by atoms with van der Waals surface area (Å²) in [5.74, 6) is -0.413. The Balaban J connectivity index is 1.46. The molecule has 9 heteroatoms. The zero-order valence-corrected chi connectivity index (χ0v) is 15.3. The number of benzene rings is 1. The number of likely N-dealkylation sites (tertiary alicyclic amines) is 1. The molecule has 1 N–H and O–H groups in total. The average molecular weight is 393 g/mol. The molecule has 2 aromatic rings. The first-order chi connectivity index (χ1) is 13.5. The first-order valence-electron chi connectivity index (χ1n) is 9.54. The van der Waals surface area contributed by atoms with Crippen LogP contribution in [0, 0.1) is 5.82 Å². The monoisotopic (exact) mass is 393 g/mol. The minimum absolute atomic E-state index is 0.0653. The van der Waals surface area contributed by atoms with Crippen molar-refractivity contribution in [2.45, 2.75) is 44.1 Å². The summed E-state index contributed by atoms with van der Waals surface area (Å²) in [5, 5.41) is 11.2. The molecule has 0 bridgehead atoms. The van der Waals surface area contributed by atoms with Crippen LogP contribution in [0.5, 0.6) is 0 Å². The molecule has 1 aliphatic carbocycles. The third-order valence-electron chi connectivity index (χ3n) is 5.27. The number of hydrogen-bond acceptors (Lipinski definition) is 4. The molecule has 0 radical (unpaired) electrons. The normalized spacial score (nSPS) is 18.6. The van der Waals surface area contributed by atoms with Gasteiger partial charge in [-0.25, -0.2) is 17.9 Å². The van der Waals surface area contributed by atoms with E-state index >= 15 is 0 Å². The van der Waals surface area contributed by atoms with Crippen LogP contribution < -0.4 is 5.32 Å². The summed E-state index contributed by atoms with van der Waals surface area (Å²) in [6.07, 6.45) is 0.836. The molecular weight excluding hydrogens is 371 g/mol. The van der Waals surface area contributed by atoms with Crippen LogP contribution in [0.15, 0.2) is 24.3 Å². The van der Waals surface area contributed by atoms with Crippen LogP contribution in [-0.4, -0.2) is 57.9 Å². The van der Waals surface area contributed by atoms with Crippen molar-refractivity contribution in [3.8, 4) is 5.69 Å². The number of nitrogens with one attached hydrogen (secondary N) is 1. The molecule has 1 saturated heterocycles. The summed E-state index contributed by atoms with van der Waals surface area (Å²) < 4.78 is 39.8. The van der Waals surface area contributed by atoms with Gasteiger partial charge in [0.2, 0.25) is 0 Å². The quantitative estimate of drug-likeness (QED) is 0.820. The molecule has 2 fully saturated rings. The van der Waals surface area contributed by atoms with E-state index in [1.807, 2.05) is 0 Å². The minimum atomic E-state index is -2.34. The number of aromatic nitrogens is 3. The Hall–Kier alpha value is -2.42. The van der Waals surface area contributed by atoms with Gasteiger partial charge in [-0.15, -0.1) is 5.10 Å². The van der Waals surface area contributed by atoms with E-state index in [9.17, 15) is 18.0 Å². The maximum absolute atomic E-state index is 13.2. The summed E-state index contributed by atoms with van der Waals surface area (Å²) in [4.78, 5) is 14.5. The highest BCUT2D eigenvalue weighted by Crippen LogP contribution is 2.42. The largest absolute Gasteiger partial charge is 0.348 e. The molecule has 1 saturated carbocycles. The van der Waals surface area contributed by atoms with Crippen molar-refractivity contribution in [1.29, 1.82) is 0 Å². The highest BCUT2D eigenvalue weighted by Gasteiger charge is 2.35. The number of nitrogens with zero attached hydrogens (tertiary/aromatic N) is 4. The van der Waals surface area contributed by atoms with Gasteiger partial charge in [-0.3, -0.25) is 9.69 Å².